The number of aliphatic hydroxyl groups is 1. The molecule has 5 nitrogen and oxygen atoms in total. The first kappa shape index (κ1) is 16.2. The van der Waals surface area contributed by atoms with Crippen molar-refractivity contribution >= 4 is 28.8 Å². The first-order chi connectivity index (χ1) is 10.4. The average molecular weight is 345 g/mol. The Kier molecular flexibility index (Phi) is 4.49. The number of hydrogen-bond acceptors (Lipinski definition) is 5. The van der Waals surface area contributed by atoms with Crippen molar-refractivity contribution in [3.63, 3.8) is 0 Å². The maximum absolute atomic E-state index is 11.0. The second kappa shape index (κ2) is 6.09. The number of rotatable bonds is 3. The average Bonchev–Trinajstić information content (AvgIpc) is 2.84. The molecule has 7 heteroatoms. The highest BCUT2D eigenvalue weighted by molar-refractivity contribution is 7.16. The van der Waals surface area contributed by atoms with E-state index >= 15 is 0 Å². The number of nitrogens with two attached hydrogens (primary N) is 1. The number of ether oxygens (including phenoxy) is 1. The second-order valence-corrected chi connectivity index (χ2v) is 7.96. The Morgan fingerprint density at radius 2 is 2.50 bits per heavy atom. The van der Waals surface area contributed by atoms with Crippen molar-refractivity contribution in [3.05, 3.63) is 20.8 Å². The lowest BCUT2D eigenvalue weighted by Gasteiger charge is -2.47. The summed E-state index contributed by atoms with van der Waals surface area (Å²) in [7, 11) is 0. The molecule has 1 aromatic rings. The van der Waals surface area contributed by atoms with E-state index in [9.17, 15) is 9.90 Å². The highest BCUT2D eigenvalue weighted by Gasteiger charge is 2.44. The standard InChI is InChI=1S/C15H21ClN2O3S/c1-9-7-15(3-4-18(9)8-11(19)14(17)20)10-6-13(16)22-12(10)2-5-21-15/h6,9,11,19H,2-5,7-8H2,1H3,(H2,17,20)/t9-,11+,15+/m0/s1. The fourth-order valence-corrected chi connectivity index (χ4v) is 4.94. The molecule has 0 aliphatic carbocycles. The van der Waals surface area contributed by atoms with Gasteiger partial charge < -0.3 is 15.6 Å². The maximum atomic E-state index is 11.0. The van der Waals surface area contributed by atoms with Crippen molar-refractivity contribution < 1.29 is 14.6 Å². The van der Waals surface area contributed by atoms with Gasteiger partial charge in [0.15, 0.2) is 0 Å². The Morgan fingerprint density at radius 3 is 3.18 bits per heavy atom. The van der Waals surface area contributed by atoms with Gasteiger partial charge in [-0.3, -0.25) is 9.69 Å². The number of primary amides is 1. The van der Waals surface area contributed by atoms with Crippen LogP contribution in [0.25, 0.3) is 0 Å². The molecule has 0 bridgehead atoms. The zero-order valence-electron chi connectivity index (χ0n) is 12.5. The van der Waals surface area contributed by atoms with Crippen molar-refractivity contribution in [2.24, 2.45) is 5.73 Å². The summed E-state index contributed by atoms with van der Waals surface area (Å²) in [5.74, 6) is -0.673. The van der Waals surface area contributed by atoms with Crippen LogP contribution < -0.4 is 5.73 Å². The molecule has 1 fully saturated rings. The summed E-state index contributed by atoms with van der Waals surface area (Å²) in [6.45, 7) is 3.86. The van der Waals surface area contributed by atoms with E-state index in [0.29, 0.717) is 0 Å². The Labute approximate surface area is 139 Å². The molecule has 2 aliphatic rings. The zero-order valence-corrected chi connectivity index (χ0v) is 14.1. The number of nitrogens with zero attached hydrogens (tertiary/aromatic N) is 1. The molecule has 1 amide bonds. The number of β-amino-alcohol motifs (C(OH)–C–C–N with tert-alkyl or cyclic N) is 1. The first-order valence-electron chi connectivity index (χ1n) is 7.55. The van der Waals surface area contributed by atoms with Gasteiger partial charge in [-0.1, -0.05) is 11.6 Å². The van der Waals surface area contributed by atoms with Crippen molar-refractivity contribution in [3.8, 4) is 0 Å². The van der Waals surface area contributed by atoms with Gasteiger partial charge in [0.25, 0.3) is 0 Å². The first-order valence-corrected chi connectivity index (χ1v) is 8.75. The summed E-state index contributed by atoms with van der Waals surface area (Å²) in [5, 5.41) is 9.70. The minimum absolute atomic E-state index is 0.201. The normalized spacial score (nSPS) is 30.2. The van der Waals surface area contributed by atoms with Crippen molar-refractivity contribution in [2.45, 2.75) is 43.9 Å². The molecular weight excluding hydrogens is 324 g/mol. The van der Waals surface area contributed by atoms with Crippen LogP contribution in [-0.4, -0.2) is 47.8 Å². The minimum atomic E-state index is -1.12. The van der Waals surface area contributed by atoms with Crippen LogP contribution in [0.4, 0.5) is 0 Å². The molecule has 0 saturated carbocycles. The third kappa shape index (κ3) is 2.90. The van der Waals surface area contributed by atoms with Gasteiger partial charge >= 0.3 is 0 Å². The largest absolute Gasteiger partial charge is 0.382 e. The fourth-order valence-electron chi connectivity index (χ4n) is 3.60. The summed E-state index contributed by atoms with van der Waals surface area (Å²) in [6, 6.07) is 2.24. The van der Waals surface area contributed by atoms with Gasteiger partial charge in [-0.05, 0) is 31.4 Å². The lowest BCUT2D eigenvalue weighted by molar-refractivity contribution is -0.131. The van der Waals surface area contributed by atoms with E-state index in [1.807, 2.05) is 6.07 Å². The predicted octanol–water partition coefficient (Wildman–Crippen LogP) is 1.50. The smallest absolute Gasteiger partial charge is 0.247 e. The lowest BCUT2D eigenvalue weighted by atomic mass is 9.79. The van der Waals surface area contributed by atoms with Gasteiger partial charge in [0, 0.05) is 30.4 Å². The van der Waals surface area contributed by atoms with Gasteiger partial charge in [-0.15, -0.1) is 11.3 Å². The van der Waals surface area contributed by atoms with Crippen LogP contribution in [-0.2, 0) is 21.6 Å². The molecule has 3 atom stereocenters. The van der Waals surface area contributed by atoms with Crippen molar-refractivity contribution in [2.75, 3.05) is 19.7 Å². The molecule has 2 aliphatic heterocycles. The number of halogens is 1. The van der Waals surface area contributed by atoms with E-state index < -0.39 is 12.0 Å². The van der Waals surface area contributed by atoms with E-state index in [0.717, 1.165) is 36.8 Å². The molecule has 0 unspecified atom stereocenters. The monoisotopic (exact) mass is 344 g/mol. The summed E-state index contributed by atoms with van der Waals surface area (Å²) in [4.78, 5) is 14.5. The minimum Gasteiger partial charge on any atom is -0.382 e. The zero-order chi connectivity index (χ0) is 15.9. The van der Waals surface area contributed by atoms with Crippen LogP contribution in [0.2, 0.25) is 4.34 Å². The fraction of sp³-hybridized carbons (Fsp3) is 0.667. The number of likely N-dealkylation sites (tertiary alicyclic amines) is 1. The number of piperidine rings is 1. The molecule has 3 N–H and O–H groups in total. The number of thiophene rings is 1. The number of aliphatic hydroxyl groups excluding tert-OH is 1. The molecular formula is C15H21ClN2O3S. The van der Waals surface area contributed by atoms with Gasteiger partial charge in [-0.25, -0.2) is 0 Å². The maximum Gasteiger partial charge on any atom is 0.247 e. The number of fused-ring (bicyclic) bond motifs is 2. The molecule has 1 spiro atoms. The van der Waals surface area contributed by atoms with E-state index in [1.165, 1.54) is 10.4 Å². The Morgan fingerprint density at radius 1 is 1.73 bits per heavy atom. The molecule has 0 radical (unpaired) electrons. The van der Waals surface area contributed by atoms with Crippen molar-refractivity contribution in [1.82, 2.24) is 4.90 Å². The van der Waals surface area contributed by atoms with Crippen LogP contribution in [0.3, 0.4) is 0 Å². The Hall–Kier alpha value is -0.660. The van der Waals surface area contributed by atoms with Gasteiger partial charge in [0.05, 0.1) is 16.5 Å². The number of hydrogen-bond donors (Lipinski definition) is 2. The van der Waals surface area contributed by atoms with Crippen LogP contribution in [0.15, 0.2) is 6.07 Å². The molecule has 122 valence electrons. The van der Waals surface area contributed by atoms with Gasteiger partial charge in [-0.2, -0.15) is 0 Å². The molecule has 1 saturated heterocycles. The summed E-state index contributed by atoms with van der Waals surface area (Å²) in [6.07, 6.45) is 1.48. The molecule has 0 aromatic carbocycles. The lowest BCUT2D eigenvalue weighted by Crippen LogP contribution is -2.53. The predicted molar refractivity (Wildman–Crippen MR) is 86.1 cm³/mol. The third-order valence-corrected chi connectivity index (χ3v) is 6.09. The van der Waals surface area contributed by atoms with Crippen LogP contribution in [0.1, 0.15) is 30.2 Å². The van der Waals surface area contributed by atoms with E-state index in [1.54, 1.807) is 11.3 Å². The number of amides is 1. The summed E-state index contributed by atoms with van der Waals surface area (Å²) >= 11 is 7.84. The number of carbonyl (C=O) groups is 1. The van der Waals surface area contributed by atoms with Crippen LogP contribution in [0, 0.1) is 0 Å². The van der Waals surface area contributed by atoms with E-state index in [-0.39, 0.29) is 18.2 Å². The molecule has 3 heterocycles. The molecule has 3 rings (SSSR count). The SMILES string of the molecule is C[C@H]1C[C@@]2(CCN1C[C@@H](O)C(N)=O)OCCc1sc(Cl)cc12. The Bertz CT molecular complexity index is 579. The molecule has 22 heavy (non-hydrogen) atoms. The van der Waals surface area contributed by atoms with E-state index in [2.05, 4.69) is 11.8 Å². The highest BCUT2D eigenvalue weighted by atomic mass is 35.5. The third-order valence-electron chi connectivity index (χ3n) is 4.76. The van der Waals surface area contributed by atoms with Crippen molar-refractivity contribution in [1.29, 1.82) is 0 Å². The number of carbonyl (C=O) groups excluding carboxylic acids is 1. The molecule has 1 aromatic heterocycles. The second-order valence-electron chi connectivity index (χ2n) is 6.20. The highest BCUT2D eigenvalue weighted by Crippen LogP contribution is 2.46. The Balaban J connectivity index is 1.76. The van der Waals surface area contributed by atoms with E-state index in [4.69, 9.17) is 22.1 Å². The van der Waals surface area contributed by atoms with Crippen LogP contribution >= 0.6 is 22.9 Å². The quantitative estimate of drug-likeness (QED) is 0.871. The van der Waals surface area contributed by atoms with Crippen LogP contribution in [0.5, 0.6) is 0 Å². The van der Waals surface area contributed by atoms with Gasteiger partial charge in [0.2, 0.25) is 5.91 Å². The summed E-state index contributed by atoms with van der Waals surface area (Å²) < 4.78 is 7.00. The van der Waals surface area contributed by atoms with Gasteiger partial charge in [0.1, 0.15) is 6.10 Å². The topological polar surface area (TPSA) is 75.8 Å². The summed E-state index contributed by atoms with van der Waals surface area (Å²) in [5.41, 5.74) is 6.11.